The van der Waals surface area contributed by atoms with Gasteiger partial charge in [0.25, 0.3) is 5.91 Å². The molecule has 3 atom stereocenters. The monoisotopic (exact) mass is 512 g/mol. The van der Waals surface area contributed by atoms with Crippen LogP contribution >= 0.6 is 0 Å². The third-order valence-electron chi connectivity index (χ3n) is 8.66. The summed E-state index contributed by atoms with van der Waals surface area (Å²) < 4.78 is 0. The number of hydrogen-bond acceptors (Lipinski definition) is 3. The summed E-state index contributed by atoms with van der Waals surface area (Å²) in [7, 11) is 0. The Balaban J connectivity index is 1.24. The van der Waals surface area contributed by atoms with Crippen LogP contribution in [0.25, 0.3) is 10.8 Å². The first kappa shape index (κ1) is 26.4. The van der Waals surface area contributed by atoms with Gasteiger partial charge in [-0.1, -0.05) is 80.3 Å². The number of rotatable bonds is 8. The molecule has 5 nitrogen and oxygen atoms in total. The summed E-state index contributed by atoms with van der Waals surface area (Å²) in [6, 6.07) is 23.9. The van der Waals surface area contributed by atoms with Crippen LogP contribution in [0.4, 0.5) is 0 Å². The Hall–Kier alpha value is -3.18. The maximum Gasteiger partial charge on any atom is 0.323 e. The molecular formula is C33H40N2O3. The van der Waals surface area contributed by atoms with Crippen molar-refractivity contribution < 1.29 is 14.7 Å². The molecule has 200 valence electrons. The predicted octanol–water partition coefficient (Wildman–Crippen LogP) is 7.08. The standard InChI is InChI=1S/C33H40N2O3/c1-23(30-16-8-10-25-9-5-6-15-31(25)30)34-28-12-7-11-27(21-28)24-17-19-26(20-18-24)33(38)35(22-32(36)37)29-13-3-2-4-14-29/h5-6,8-10,15-20,23,27-29,34H,2-4,7,11-14,21-22H2,1H3,(H,36,37). The molecule has 0 aliphatic heterocycles. The highest BCUT2D eigenvalue weighted by Gasteiger charge is 2.29. The quantitative estimate of drug-likeness (QED) is 0.338. The minimum absolute atomic E-state index is 0.0286. The highest BCUT2D eigenvalue weighted by molar-refractivity contribution is 5.96. The van der Waals surface area contributed by atoms with E-state index in [1.807, 2.05) is 12.1 Å². The SMILES string of the molecule is CC(NC1CCCC(c2ccc(C(=O)N(CC(=O)O)C3CCCCC3)cc2)C1)c1cccc2ccccc12. The molecule has 0 saturated heterocycles. The number of amides is 1. The van der Waals surface area contributed by atoms with Gasteiger partial charge in [0.1, 0.15) is 6.54 Å². The molecular weight excluding hydrogens is 472 g/mol. The molecule has 2 aliphatic carbocycles. The molecule has 5 heteroatoms. The van der Waals surface area contributed by atoms with Crippen molar-refractivity contribution in [2.75, 3.05) is 6.54 Å². The van der Waals surface area contributed by atoms with Crippen LogP contribution in [-0.2, 0) is 4.79 Å². The van der Waals surface area contributed by atoms with Gasteiger partial charge in [-0.15, -0.1) is 0 Å². The maximum absolute atomic E-state index is 13.3. The summed E-state index contributed by atoms with van der Waals surface area (Å²) in [6.45, 7) is 2.04. The Labute approximate surface area is 226 Å². The first-order valence-electron chi connectivity index (χ1n) is 14.4. The average Bonchev–Trinajstić information content (AvgIpc) is 2.96. The zero-order valence-corrected chi connectivity index (χ0v) is 22.4. The van der Waals surface area contributed by atoms with E-state index >= 15 is 0 Å². The van der Waals surface area contributed by atoms with E-state index < -0.39 is 5.97 Å². The topological polar surface area (TPSA) is 69.6 Å². The molecule has 3 unspecified atom stereocenters. The second-order valence-electron chi connectivity index (χ2n) is 11.3. The number of carbonyl (C=O) groups is 2. The van der Waals surface area contributed by atoms with Crippen molar-refractivity contribution in [1.82, 2.24) is 10.2 Å². The van der Waals surface area contributed by atoms with Crippen LogP contribution in [0.2, 0.25) is 0 Å². The Morgan fingerprint density at radius 2 is 1.63 bits per heavy atom. The van der Waals surface area contributed by atoms with Crippen molar-refractivity contribution in [3.05, 3.63) is 83.4 Å². The number of aliphatic carboxylic acids is 1. The second kappa shape index (κ2) is 12.1. The van der Waals surface area contributed by atoms with E-state index in [1.54, 1.807) is 4.90 Å². The van der Waals surface area contributed by atoms with Crippen LogP contribution < -0.4 is 5.32 Å². The summed E-state index contributed by atoms with van der Waals surface area (Å²) in [6.07, 6.45) is 9.66. The number of carboxylic acids is 1. The summed E-state index contributed by atoms with van der Waals surface area (Å²) in [5.74, 6) is -0.643. The zero-order chi connectivity index (χ0) is 26.5. The molecule has 0 bridgehead atoms. The number of carbonyl (C=O) groups excluding carboxylic acids is 1. The van der Waals surface area contributed by atoms with E-state index in [2.05, 4.69) is 66.8 Å². The zero-order valence-electron chi connectivity index (χ0n) is 22.4. The molecule has 2 saturated carbocycles. The molecule has 0 aromatic heterocycles. The summed E-state index contributed by atoms with van der Waals surface area (Å²) >= 11 is 0. The third kappa shape index (κ3) is 6.10. The summed E-state index contributed by atoms with van der Waals surface area (Å²) in [5.41, 5.74) is 3.21. The van der Waals surface area contributed by atoms with E-state index in [4.69, 9.17) is 0 Å². The van der Waals surface area contributed by atoms with Crippen LogP contribution in [-0.4, -0.2) is 40.5 Å². The molecule has 0 heterocycles. The Morgan fingerprint density at radius 1 is 0.895 bits per heavy atom. The number of fused-ring (bicyclic) bond motifs is 1. The van der Waals surface area contributed by atoms with E-state index in [0.29, 0.717) is 17.5 Å². The molecule has 3 aromatic rings. The van der Waals surface area contributed by atoms with Gasteiger partial charge < -0.3 is 15.3 Å². The highest BCUT2D eigenvalue weighted by Crippen LogP contribution is 2.35. The number of nitrogens with zero attached hydrogens (tertiary/aromatic N) is 1. The van der Waals surface area contributed by atoms with Crippen LogP contribution in [0.5, 0.6) is 0 Å². The van der Waals surface area contributed by atoms with E-state index in [1.165, 1.54) is 34.7 Å². The van der Waals surface area contributed by atoms with Crippen molar-refractivity contribution in [1.29, 1.82) is 0 Å². The van der Waals surface area contributed by atoms with E-state index in [0.717, 1.165) is 44.9 Å². The van der Waals surface area contributed by atoms with Crippen LogP contribution in [0.15, 0.2) is 66.7 Å². The van der Waals surface area contributed by atoms with Gasteiger partial charge in [-0.3, -0.25) is 9.59 Å². The lowest BCUT2D eigenvalue weighted by molar-refractivity contribution is -0.138. The van der Waals surface area contributed by atoms with E-state index in [9.17, 15) is 14.7 Å². The van der Waals surface area contributed by atoms with Gasteiger partial charge >= 0.3 is 5.97 Å². The van der Waals surface area contributed by atoms with Crippen molar-refractivity contribution in [2.45, 2.75) is 88.8 Å². The summed E-state index contributed by atoms with van der Waals surface area (Å²) in [5, 5.41) is 15.9. The molecule has 5 rings (SSSR count). The lowest BCUT2D eigenvalue weighted by Crippen LogP contribution is -2.44. The Kier molecular flexibility index (Phi) is 8.43. The molecule has 1 amide bonds. The fourth-order valence-electron chi connectivity index (χ4n) is 6.68. The fourth-order valence-corrected chi connectivity index (χ4v) is 6.68. The van der Waals surface area contributed by atoms with Gasteiger partial charge in [0.15, 0.2) is 0 Å². The first-order chi connectivity index (χ1) is 18.5. The first-order valence-corrected chi connectivity index (χ1v) is 14.4. The Morgan fingerprint density at radius 3 is 2.39 bits per heavy atom. The largest absolute Gasteiger partial charge is 0.480 e. The van der Waals surface area contributed by atoms with Gasteiger partial charge in [0.05, 0.1) is 0 Å². The summed E-state index contributed by atoms with van der Waals surface area (Å²) in [4.78, 5) is 26.4. The van der Waals surface area contributed by atoms with Crippen molar-refractivity contribution in [2.24, 2.45) is 0 Å². The third-order valence-corrected chi connectivity index (χ3v) is 8.66. The maximum atomic E-state index is 13.3. The number of nitrogens with one attached hydrogen (secondary N) is 1. The highest BCUT2D eigenvalue weighted by atomic mass is 16.4. The number of benzene rings is 3. The van der Waals surface area contributed by atoms with Crippen LogP contribution in [0, 0.1) is 0 Å². The van der Waals surface area contributed by atoms with Gasteiger partial charge in [0.2, 0.25) is 0 Å². The smallest absolute Gasteiger partial charge is 0.323 e. The fraction of sp³-hybridized carbons (Fsp3) is 0.455. The molecule has 38 heavy (non-hydrogen) atoms. The predicted molar refractivity (Wildman–Crippen MR) is 152 cm³/mol. The number of carboxylic acid groups (broad SMARTS) is 1. The minimum Gasteiger partial charge on any atom is -0.480 e. The normalized spacial score (nSPS) is 21.2. The van der Waals surface area contributed by atoms with Gasteiger partial charge in [0, 0.05) is 23.7 Å². The van der Waals surface area contributed by atoms with Gasteiger partial charge in [-0.25, -0.2) is 0 Å². The van der Waals surface area contributed by atoms with Crippen LogP contribution in [0.3, 0.4) is 0 Å². The lowest BCUT2D eigenvalue weighted by Gasteiger charge is -2.34. The molecule has 2 aliphatic rings. The molecule has 0 radical (unpaired) electrons. The van der Waals surface area contributed by atoms with Crippen molar-refractivity contribution in [3.63, 3.8) is 0 Å². The van der Waals surface area contributed by atoms with Crippen LogP contribution in [0.1, 0.15) is 98.2 Å². The Bertz CT molecular complexity index is 1240. The lowest BCUT2D eigenvalue weighted by atomic mass is 9.80. The minimum atomic E-state index is -0.945. The van der Waals surface area contributed by atoms with Crippen molar-refractivity contribution >= 4 is 22.6 Å². The van der Waals surface area contributed by atoms with Crippen molar-refractivity contribution in [3.8, 4) is 0 Å². The molecule has 3 aromatic carbocycles. The second-order valence-corrected chi connectivity index (χ2v) is 11.3. The van der Waals surface area contributed by atoms with Gasteiger partial charge in [-0.05, 0) is 79.0 Å². The average molecular weight is 513 g/mol. The number of hydrogen-bond donors (Lipinski definition) is 2. The molecule has 2 N–H and O–H groups in total. The molecule has 2 fully saturated rings. The van der Waals surface area contributed by atoms with Gasteiger partial charge in [-0.2, -0.15) is 0 Å². The molecule has 0 spiro atoms. The van der Waals surface area contributed by atoms with E-state index in [-0.39, 0.29) is 24.5 Å².